The number of carbonyl (C=O) groups is 2. The number of hydrogen-bond donors (Lipinski definition) is 3. The third kappa shape index (κ3) is 4.79. The molecule has 1 saturated heterocycles. The van der Waals surface area contributed by atoms with Crippen molar-refractivity contribution in [2.45, 2.75) is 18.4 Å². The van der Waals surface area contributed by atoms with Gasteiger partial charge in [0.2, 0.25) is 11.8 Å². The largest absolute Gasteiger partial charge is 0.384 e. The normalized spacial score (nSPS) is 14.8. The fourth-order valence-corrected chi connectivity index (χ4v) is 4.13. The third-order valence-electron chi connectivity index (χ3n) is 6.08. The van der Waals surface area contributed by atoms with Crippen molar-refractivity contribution in [1.29, 1.82) is 0 Å². The highest BCUT2D eigenvalue weighted by Crippen LogP contribution is 2.30. The van der Waals surface area contributed by atoms with Crippen LogP contribution >= 0.6 is 0 Å². The molecule has 1 fully saturated rings. The van der Waals surface area contributed by atoms with Gasteiger partial charge in [0, 0.05) is 55.9 Å². The number of anilines is 2. The van der Waals surface area contributed by atoms with Crippen LogP contribution in [0.5, 0.6) is 0 Å². The van der Waals surface area contributed by atoms with E-state index in [-0.39, 0.29) is 18.4 Å². The lowest BCUT2D eigenvalue weighted by atomic mass is 9.89. The molecule has 4 heterocycles. The highest BCUT2D eigenvalue weighted by molar-refractivity contribution is 5.95. The second kappa shape index (κ2) is 9.96. The number of rotatable bonds is 7. The summed E-state index contributed by atoms with van der Waals surface area (Å²) >= 11 is 0. The average molecular weight is 488 g/mol. The smallest absolute Gasteiger partial charge is 0.248 e. The van der Waals surface area contributed by atoms with Crippen molar-refractivity contribution in [3.05, 3.63) is 67.3 Å². The summed E-state index contributed by atoms with van der Waals surface area (Å²) in [7, 11) is 0. The minimum Gasteiger partial charge on any atom is -0.384 e. The van der Waals surface area contributed by atoms with Gasteiger partial charge in [-0.2, -0.15) is 5.10 Å². The van der Waals surface area contributed by atoms with E-state index in [4.69, 9.17) is 10.5 Å². The molecule has 0 atom stereocenters. The summed E-state index contributed by atoms with van der Waals surface area (Å²) < 4.78 is 8.77. The highest BCUT2D eigenvalue weighted by Gasteiger charge is 2.43. The summed E-state index contributed by atoms with van der Waals surface area (Å²) in [5.74, 6) is -0.299. The predicted molar refractivity (Wildman–Crippen MR) is 131 cm³/mol. The molecule has 184 valence electrons. The van der Waals surface area contributed by atoms with Gasteiger partial charge in [0.1, 0.15) is 17.1 Å². The van der Waals surface area contributed by atoms with Gasteiger partial charge in [-0.1, -0.05) is 5.21 Å². The zero-order valence-corrected chi connectivity index (χ0v) is 19.4. The van der Waals surface area contributed by atoms with Gasteiger partial charge < -0.3 is 21.1 Å². The van der Waals surface area contributed by atoms with Crippen LogP contribution in [0.15, 0.2) is 67.3 Å². The molecule has 0 saturated carbocycles. The van der Waals surface area contributed by atoms with E-state index in [1.807, 2.05) is 24.4 Å². The quantitative estimate of drug-likeness (QED) is 0.353. The van der Waals surface area contributed by atoms with Gasteiger partial charge in [0.25, 0.3) is 0 Å². The van der Waals surface area contributed by atoms with Crippen molar-refractivity contribution in [2.75, 3.05) is 30.8 Å². The fraction of sp³-hybridized carbons (Fsp3) is 0.250. The summed E-state index contributed by atoms with van der Waals surface area (Å²) in [6.45, 7) is 0.587. The van der Waals surface area contributed by atoms with Gasteiger partial charge in [-0.15, -0.1) is 5.10 Å². The van der Waals surface area contributed by atoms with Crippen LogP contribution in [0.25, 0.3) is 16.9 Å². The van der Waals surface area contributed by atoms with Crippen LogP contribution in [-0.4, -0.2) is 61.3 Å². The predicted octanol–water partition coefficient (Wildman–Crippen LogP) is 1.37. The van der Waals surface area contributed by atoms with Gasteiger partial charge in [-0.3, -0.25) is 9.59 Å². The fourth-order valence-electron chi connectivity index (χ4n) is 4.13. The number of nitrogen functional groups attached to an aromatic ring is 1. The van der Waals surface area contributed by atoms with Crippen LogP contribution in [0.1, 0.15) is 12.8 Å². The van der Waals surface area contributed by atoms with Crippen molar-refractivity contribution in [3.63, 3.8) is 0 Å². The monoisotopic (exact) mass is 487 g/mol. The second-order valence-electron chi connectivity index (χ2n) is 8.39. The maximum atomic E-state index is 13.4. The first-order valence-electron chi connectivity index (χ1n) is 11.4. The number of ether oxygens (including phenoxy) is 1. The zero-order chi connectivity index (χ0) is 25.0. The molecule has 1 aliphatic heterocycles. The van der Waals surface area contributed by atoms with Crippen molar-refractivity contribution >= 4 is 23.3 Å². The molecule has 36 heavy (non-hydrogen) atoms. The standard InChI is InChI=1S/C24H25N9O3/c25-21-14-17(6-10-26-21)20-16-33(31-30-20)24(7-12-36-13-8-24)23(35)27-15-22(34)29-18-2-4-19(5-3-18)32-11-1-9-28-32/h1-6,9-11,14,16H,7-8,12-13,15H2,(H2,25,26)(H,27,35)(H,29,34). The molecule has 1 aromatic carbocycles. The summed E-state index contributed by atoms with van der Waals surface area (Å²) in [5.41, 5.74) is 7.56. The van der Waals surface area contributed by atoms with Gasteiger partial charge in [-0.25, -0.2) is 14.3 Å². The number of amides is 2. The van der Waals surface area contributed by atoms with Crippen LogP contribution in [0, 0.1) is 0 Å². The molecular formula is C24H25N9O3. The van der Waals surface area contributed by atoms with E-state index in [9.17, 15) is 9.59 Å². The highest BCUT2D eigenvalue weighted by atomic mass is 16.5. The minimum absolute atomic E-state index is 0.190. The lowest BCUT2D eigenvalue weighted by Crippen LogP contribution is -2.53. The molecule has 0 unspecified atom stereocenters. The van der Waals surface area contributed by atoms with Gasteiger partial charge in [0.05, 0.1) is 18.4 Å². The molecule has 12 nitrogen and oxygen atoms in total. The molecule has 0 aliphatic carbocycles. The average Bonchev–Trinajstić information content (AvgIpc) is 3.61. The maximum Gasteiger partial charge on any atom is 0.248 e. The van der Waals surface area contributed by atoms with Crippen LogP contribution in [0.4, 0.5) is 11.5 Å². The van der Waals surface area contributed by atoms with E-state index >= 15 is 0 Å². The Kier molecular flexibility index (Phi) is 6.41. The van der Waals surface area contributed by atoms with Crippen LogP contribution in [-0.2, 0) is 19.9 Å². The first-order valence-corrected chi connectivity index (χ1v) is 11.4. The Balaban J connectivity index is 1.25. The molecule has 12 heteroatoms. The molecular weight excluding hydrogens is 462 g/mol. The Labute approximate surface area is 206 Å². The zero-order valence-electron chi connectivity index (χ0n) is 19.4. The molecule has 4 aromatic rings. The molecule has 2 amide bonds. The lowest BCUT2D eigenvalue weighted by molar-refractivity contribution is -0.137. The maximum absolute atomic E-state index is 13.4. The molecule has 3 aromatic heterocycles. The number of aromatic nitrogens is 6. The van der Waals surface area contributed by atoms with E-state index < -0.39 is 5.54 Å². The molecule has 4 N–H and O–H groups in total. The van der Waals surface area contributed by atoms with Gasteiger partial charge >= 0.3 is 0 Å². The van der Waals surface area contributed by atoms with E-state index in [2.05, 4.69) is 31.0 Å². The topological polar surface area (TPSA) is 155 Å². The summed E-state index contributed by atoms with van der Waals surface area (Å²) in [6, 6.07) is 12.5. The number of hydrogen-bond acceptors (Lipinski definition) is 8. The molecule has 1 aliphatic rings. The number of benzene rings is 1. The Morgan fingerprint density at radius 1 is 1.11 bits per heavy atom. The summed E-state index contributed by atoms with van der Waals surface area (Å²) in [5, 5.41) is 18.2. The minimum atomic E-state index is -1.02. The Bertz CT molecular complexity index is 1340. The SMILES string of the molecule is Nc1cc(-c2cn(C3(C(=O)NCC(=O)Nc4ccc(-n5cccn5)cc4)CCOCC3)nn2)ccn1. The molecule has 5 rings (SSSR count). The Hall–Kier alpha value is -4.58. The third-order valence-corrected chi connectivity index (χ3v) is 6.08. The second-order valence-corrected chi connectivity index (χ2v) is 8.39. The Morgan fingerprint density at radius 3 is 2.64 bits per heavy atom. The van der Waals surface area contributed by atoms with Crippen LogP contribution < -0.4 is 16.4 Å². The van der Waals surface area contributed by atoms with Crippen LogP contribution in [0.2, 0.25) is 0 Å². The molecule has 0 spiro atoms. The van der Waals surface area contributed by atoms with E-state index in [1.165, 1.54) is 0 Å². The number of nitrogens with zero attached hydrogens (tertiary/aromatic N) is 6. The Morgan fingerprint density at radius 2 is 1.92 bits per heavy atom. The van der Waals surface area contributed by atoms with Crippen LogP contribution in [0.3, 0.4) is 0 Å². The first-order chi connectivity index (χ1) is 17.5. The summed E-state index contributed by atoms with van der Waals surface area (Å²) in [6.07, 6.45) is 7.62. The lowest BCUT2D eigenvalue weighted by Gasteiger charge is -2.35. The van der Waals surface area contributed by atoms with Crippen molar-refractivity contribution in [3.8, 4) is 16.9 Å². The van der Waals surface area contributed by atoms with Crippen molar-refractivity contribution in [1.82, 2.24) is 35.1 Å². The van der Waals surface area contributed by atoms with E-state index in [0.29, 0.717) is 43.3 Å². The first kappa shape index (κ1) is 23.2. The van der Waals surface area contributed by atoms with Crippen molar-refractivity contribution in [2.24, 2.45) is 0 Å². The van der Waals surface area contributed by atoms with E-state index in [1.54, 1.807) is 52.2 Å². The number of nitrogens with one attached hydrogen (secondary N) is 2. The van der Waals surface area contributed by atoms with E-state index in [0.717, 1.165) is 11.3 Å². The number of nitrogens with two attached hydrogens (primary N) is 1. The summed E-state index contributed by atoms with van der Waals surface area (Å²) in [4.78, 5) is 29.9. The number of pyridine rings is 1. The number of carbonyl (C=O) groups excluding carboxylic acids is 2. The molecule has 0 bridgehead atoms. The molecule has 0 radical (unpaired) electrons. The van der Waals surface area contributed by atoms with Crippen molar-refractivity contribution < 1.29 is 14.3 Å². The van der Waals surface area contributed by atoms with Gasteiger partial charge in [-0.05, 0) is 42.5 Å². The van der Waals surface area contributed by atoms with Gasteiger partial charge in [0.15, 0.2) is 0 Å².